The van der Waals surface area contributed by atoms with Crippen molar-refractivity contribution in [1.82, 2.24) is 10.2 Å². The number of quaternary nitrogens is 1. The minimum Gasteiger partial charge on any atom is -0.337 e. The Bertz CT molecular complexity index is 224. The van der Waals surface area contributed by atoms with Crippen LogP contribution in [0.15, 0.2) is 11.9 Å². The van der Waals surface area contributed by atoms with Gasteiger partial charge >= 0.3 is 6.03 Å². The van der Waals surface area contributed by atoms with Crippen LogP contribution in [0.3, 0.4) is 0 Å². The second kappa shape index (κ2) is 2.23. The fourth-order valence-electron chi connectivity index (χ4n) is 1.56. The van der Waals surface area contributed by atoms with Crippen LogP contribution in [0.5, 0.6) is 0 Å². The molecular weight excluding hydrogens is 142 g/mol. The Morgan fingerprint density at radius 2 is 2.55 bits per heavy atom. The summed E-state index contributed by atoms with van der Waals surface area (Å²) in [6, 6.07) is 0.0550. The Balaban J connectivity index is 2.21. The lowest BCUT2D eigenvalue weighted by molar-refractivity contribution is -0.825. The van der Waals surface area contributed by atoms with E-state index in [2.05, 4.69) is 18.6 Å². The molecule has 2 amide bonds. The van der Waals surface area contributed by atoms with Gasteiger partial charge in [0.1, 0.15) is 6.20 Å². The Labute approximate surface area is 65.5 Å². The third kappa shape index (κ3) is 0.991. The molecule has 2 aliphatic rings. The van der Waals surface area contributed by atoms with Crippen molar-refractivity contribution >= 4 is 6.03 Å². The molecule has 0 aliphatic carbocycles. The number of urea groups is 1. The van der Waals surface area contributed by atoms with Crippen LogP contribution in [-0.4, -0.2) is 31.2 Å². The topological polar surface area (TPSA) is 36.8 Å². The highest BCUT2D eigenvalue weighted by atomic mass is 16.2. The number of nitrogens with zero attached hydrogens (tertiary/aromatic N) is 1. The van der Waals surface area contributed by atoms with Gasteiger partial charge in [-0.15, -0.1) is 0 Å². The van der Waals surface area contributed by atoms with E-state index >= 15 is 0 Å². The van der Waals surface area contributed by atoms with Gasteiger partial charge in [-0.1, -0.05) is 0 Å². The zero-order valence-electron chi connectivity index (χ0n) is 6.55. The summed E-state index contributed by atoms with van der Waals surface area (Å²) in [5.74, 6) is 0. The maximum atomic E-state index is 11.2. The predicted molar refractivity (Wildman–Crippen MR) is 39.7 cm³/mol. The average Bonchev–Trinajstić information content (AvgIpc) is 2.31. The van der Waals surface area contributed by atoms with E-state index in [9.17, 15) is 4.79 Å². The molecule has 0 aromatic rings. The number of hydrogen-bond donors (Lipinski definition) is 2. The van der Waals surface area contributed by atoms with Crippen LogP contribution in [0.25, 0.3) is 0 Å². The van der Waals surface area contributed by atoms with Crippen LogP contribution in [0.2, 0.25) is 0 Å². The number of carbonyl (C=O) groups is 1. The maximum absolute atomic E-state index is 11.2. The molecule has 1 saturated heterocycles. The van der Waals surface area contributed by atoms with Crippen LogP contribution in [0, 0.1) is 0 Å². The molecule has 11 heavy (non-hydrogen) atoms. The van der Waals surface area contributed by atoms with E-state index in [1.165, 1.54) is 10.6 Å². The number of carbonyl (C=O) groups excluding carboxylic acids is 1. The van der Waals surface area contributed by atoms with Crippen molar-refractivity contribution in [3.63, 3.8) is 0 Å². The molecule has 0 radical (unpaired) electrons. The normalized spacial score (nSPS) is 29.5. The monoisotopic (exact) mass is 154 g/mol. The quantitative estimate of drug-likeness (QED) is 0.448. The van der Waals surface area contributed by atoms with Gasteiger partial charge < -0.3 is 5.32 Å². The summed E-state index contributed by atoms with van der Waals surface area (Å²) >= 11 is 0. The van der Waals surface area contributed by atoms with Crippen molar-refractivity contribution < 1.29 is 9.69 Å². The lowest BCUT2D eigenvalue weighted by atomic mass is 10.3. The summed E-state index contributed by atoms with van der Waals surface area (Å²) in [5.41, 5.74) is 1.17. The van der Waals surface area contributed by atoms with Crippen LogP contribution in [0.1, 0.15) is 6.42 Å². The van der Waals surface area contributed by atoms with Crippen LogP contribution in [0.4, 0.5) is 4.79 Å². The van der Waals surface area contributed by atoms with Gasteiger partial charge in [0.05, 0.1) is 12.7 Å². The Kier molecular flexibility index (Phi) is 1.35. The molecule has 0 bridgehead atoms. The second-order valence-corrected chi connectivity index (χ2v) is 3.05. The van der Waals surface area contributed by atoms with Gasteiger partial charge in [-0.3, -0.25) is 4.90 Å². The lowest BCUT2D eigenvalue weighted by Crippen LogP contribution is -3.04. The summed E-state index contributed by atoms with van der Waals surface area (Å²) in [6.07, 6.45) is 3.09. The minimum atomic E-state index is 0.0550. The standard InChI is InChI=1S/C7H11N3O/c1-9-4-6-2-3-8-7(11)10(6)5-9/h4H,2-3,5H2,1H3,(H,8,11)/p+1. The number of rotatable bonds is 0. The van der Waals surface area contributed by atoms with Gasteiger partial charge in [-0.25, -0.2) is 9.69 Å². The van der Waals surface area contributed by atoms with Gasteiger partial charge in [0.15, 0.2) is 6.67 Å². The SMILES string of the molecule is C[NH+]1C=C2CCNC(=O)N2C1. The summed E-state index contributed by atoms with van der Waals surface area (Å²) in [4.78, 5) is 14.3. The van der Waals surface area contributed by atoms with E-state index in [1.807, 2.05) is 0 Å². The van der Waals surface area contributed by atoms with Crippen molar-refractivity contribution in [2.45, 2.75) is 6.42 Å². The van der Waals surface area contributed by atoms with Crippen molar-refractivity contribution in [1.29, 1.82) is 0 Å². The van der Waals surface area contributed by atoms with Gasteiger partial charge in [0.2, 0.25) is 0 Å². The largest absolute Gasteiger partial charge is 0.337 e. The summed E-state index contributed by atoms with van der Waals surface area (Å²) in [7, 11) is 2.05. The van der Waals surface area contributed by atoms with E-state index in [1.54, 1.807) is 4.90 Å². The summed E-state index contributed by atoms with van der Waals surface area (Å²) in [5, 5.41) is 2.81. The highest BCUT2D eigenvalue weighted by molar-refractivity contribution is 5.77. The van der Waals surface area contributed by atoms with E-state index in [4.69, 9.17) is 0 Å². The minimum absolute atomic E-state index is 0.0550. The molecule has 1 unspecified atom stereocenters. The van der Waals surface area contributed by atoms with Gasteiger partial charge in [0, 0.05) is 13.0 Å². The first-order valence-corrected chi connectivity index (χ1v) is 3.86. The van der Waals surface area contributed by atoms with Crippen molar-refractivity contribution in [3.05, 3.63) is 11.9 Å². The van der Waals surface area contributed by atoms with Crippen molar-refractivity contribution in [2.24, 2.45) is 0 Å². The van der Waals surface area contributed by atoms with Crippen LogP contribution < -0.4 is 10.2 Å². The molecule has 2 aliphatic heterocycles. The Morgan fingerprint density at radius 3 is 3.27 bits per heavy atom. The summed E-state index contributed by atoms with van der Waals surface area (Å²) < 4.78 is 0. The molecular formula is C7H12N3O+. The molecule has 60 valence electrons. The number of nitrogens with one attached hydrogen (secondary N) is 2. The summed E-state index contributed by atoms with van der Waals surface area (Å²) in [6.45, 7) is 1.57. The fraction of sp³-hybridized carbons (Fsp3) is 0.571. The molecule has 1 fully saturated rings. The Hall–Kier alpha value is -1.03. The van der Waals surface area contributed by atoms with Crippen molar-refractivity contribution in [3.8, 4) is 0 Å². The molecule has 2 heterocycles. The van der Waals surface area contributed by atoms with Gasteiger partial charge in [-0.2, -0.15) is 0 Å². The molecule has 0 spiro atoms. The molecule has 2 N–H and O–H groups in total. The molecule has 4 nitrogen and oxygen atoms in total. The number of hydrogen-bond acceptors (Lipinski definition) is 1. The molecule has 2 rings (SSSR count). The predicted octanol–water partition coefficient (Wildman–Crippen LogP) is -1.27. The smallest absolute Gasteiger partial charge is 0.326 e. The average molecular weight is 154 g/mol. The third-order valence-corrected chi connectivity index (χ3v) is 2.07. The highest BCUT2D eigenvalue weighted by Crippen LogP contribution is 2.12. The first kappa shape index (κ1) is 6.67. The zero-order valence-corrected chi connectivity index (χ0v) is 6.55. The second-order valence-electron chi connectivity index (χ2n) is 3.05. The maximum Gasteiger partial charge on any atom is 0.326 e. The molecule has 0 aromatic carbocycles. The molecule has 0 saturated carbocycles. The molecule has 1 atom stereocenters. The third-order valence-electron chi connectivity index (χ3n) is 2.07. The first-order chi connectivity index (χ1) is 5.27. The number of amides is 2. The van der Waals surface area contributed by atoms with Crippen molar-refractivity contribution in [2.75, 3.05) is 20.3 Å². The molecule has 0 aromatic heterocycles. The highest BCUT2D eigenvalue weighted by Gasteiger charge is 2.30. The first-order valence-electron chi connectivity index (χ1n) is 3.86. The fourth-order valence-corrected chi connectivity index (χ4v) is 1.56. The van der Waals surface area contributed by atoms with E-state index < -0.39 is 0 Å². The zero-order chi connectivity index (χ0) is 7.84. The van der Waals surface area contributed by atoms with E-state index in [0.717, 1.165) is 19.6 Å². The lowest BCUT2D eigenvalue weighted by Gasteiger charge is -2.22. The Morgan fingerprint density at radius 1 is 1.73 bits per heavy atom. The number of fused-ring (bicyclic) bond motifs is 1. The van der Waals surface area contributed by atoms with Gasteiger partial charge in [0.25, 0.3) is 0 Å². The van der Waals surface area contributed by atoms with Crippen LogP contribution >= 0.6 is 0 Å². The van der Waals surface area contributed by atoms with E-state index in [0.29, 0.717) is 0 Å². The molecule has 4 heteroatoms. The van der Waals surface area contributed by atoms with Crippen LogP contribution in [-0.2, 0) is 0 Å². The van der Waals surface area contributed by atoms with Gasteiger partial charge in [-0.05, 0) is 0 Å². The van der Waals surface area contributed by atoms with E-state index in [-0.39, 0.29) is 6.03 Å².